The summed E-state index contributed by atoms with van der Waals surface area (Å²) in [6.45, 7) is 0.126. The van der Waals surface area contributed by atoms with Crippen LogP contribution >= 0.6 is 0 Å². The van der Waals surface area contributed by atoms with Crippen molar-refractivity contribution in [1.29, 1.82) is 0 Å². The number of hydrogen-bond acceptors (Lipinski definition) is 4. The van der Waals surface area contributed by atoms with Crippen molar-refractivity contribution >= 4 is 17.8 Å². The smallest absolute Gasteiger partial charge is 0.328 e. The van der Waals surface area contributed by atoms with Crippen LogP contribution in [0.5, 0.6) is 0 Å². The minimum Gasteiger partial charge on any atom is -0.354 e. The largest absolute Gasteiger partial charge is 0.354 e. The van der Waals surface area contributed by atoms with Crippen molar-refractivity contribution in [2.75, 3.05) is 0 Å². The lowest BCUT2D eigenvalue weighted by Crippen LogP contribution is -2.59. The molecule has 0 saturated carbocycles. The van der Waals surface area contributed by atoms with Gasteiger partial charge < -0.3 is 4.74 Å². The quantitative estimate of drug-likeness (QED) is 0.717. The number of carbonyl (C=O) groups is 3. The summed E-state index contributed by atoms with van der Waals surface area (Å²) in [6, 6.07) is 8.29. The first-order valence-electron chi connectivity index (χ1n) is 4.98. The Labute approximate surface area is 96.9 Å². The molecular formula is C11H10N2O4. The van der Waals surface area contributed by atoms with Crippen molar-refractivity contribution < 1.29 is 19.1 Å². The van der Waals surface area contributed by atoms with Crippen LogP contribution in [0.2, 0.25) is 0 Å². The van der Waals surface area contributed by atoms with E-state index in [0.29, 0.717) is 0 Å². The number of rotatable bonds is 3. The third-order valence-corrected chi connectivity index (χ3v) is 2.21. The summed E-state index contributed by atoms with van der Waals surface area (Å²) < 4.78 is 5.17. The zero-order chi connectivity index (χ0) is 12.3. The molecule has 17 heavy (non-hydrogen) atoms. The lowest BCUT2D eigenvalue weighted by Gasteiger charge is -2.20. The fraction of sp³-hybridized carbons (Fsp3) is 0.182. The maximum Gasteiger partial charge on any atom is 0.328 e. The summed E-state index contributed by atoms with van der Waals surface area (Å²) in [7, 11) is 0. The number of hydrogen-bond donors (Lipinski definition) is 2. The average Bonchev–Trinajstić information content (AvgIpc) is 2.29. The standard InChI is InChI=1S/C11H10N2O4/c14-9-8(10(15)13-11(16)12-9)17-6-7-4-2-1-3-5-7/h1-5,8H,6H2,(H2,12,13,14,15,16). The third-order valence-electron chi connectivity index (χ3n) is 2.21. The summed E-state index contributed by atoms with van der Waals surface area (Å²) in [5.74, 6) is -1.48. The van der Waals surface area contributed by atoms with Gasteiger partial charge in [-0.05, 0) is 5.56 Å². The van der Waals surface area contributed by atoms with Crippen LogP contribution in [0.15, 0.2) is 30.3 Å². The molecule has 2 N–H and O–H groups in total. The van der Waals surface area contributed by atoms with E-state index in [4.69, 9.17) is 4.74 Å². The van der Waals surface area contributed by atoms with Gasteiger partial charge in [0, 0.05) is 0 Å². The monoisotopic (exact) mass is 234 g/mol. The van der Waals surface area contributed by atoms with Gasteiger partial charge >= 0.3 is 6.03 Å². The highest BCUT2D eigenvalue weighted by Crippen LogP contribution is 2.05. The van der Waals surface area contributed by atoms with E-state index in [9.17, 15) is 14.4 Å². The van der Waals surface area contributed by atoms with Crippen molar-refractivity contribution in [2.24, 2.45) is 0 Å². The van der Waals surface area contributed by atoms with Crippen molar-refractivity contribution in [1.82, 2.24) is 10.6 Å². The molecule has 6 nitrogen and oxygen atoms in total. The van der Waals surface area contributed by atoms with Crippen LogP contribution in [0.4, 0.5) is 4.79 Å². The molecule has 1 aromatic rings. The van der Waals surface area contributed by atoms with Crippen LogP contribution in [0, 0.1) is 0 Å². The highest BCUT2D eigenvalue weighted by atomic mass is 16.5. The zero-order valence-corrected chi connectivity index (χ0v) is 8.80. The van der Waals surface area contributed by atoms with E-state index >= 15 is 0 Å². The lowest BCUT2D eigenvalue weighted by molar-refractivity contribution is -0.146. The van der Waals surface area contributed by atoms with E-state index in [-0.39, 0.29) is 6.61 Å². The predicted octanol–water partition coefficient (Wildman–Crippen LogP) is -0.0622. The van der Waals surface area contributed by atoms with E-state index in [2.05, 4.69) is 0 Å². The SMILES string of the molecule is O=C1NC(=O)C(OCc2ccccc2)C(=O)N1. The Bertz CT molecular complexity index is 438. The number of amides is 4. The number of nitrogens with one attached hydrogen (secondary N) is 2. The number of benzene rings is 1. The maximum atomic E-state index is 11.3. The summed E-state index contributed by atoms with van der Waals surface area (Å²) in [5.41, 5.74) is 0.838. The molecule has 0 spiro atoms. The average molecular weight is 234 g/mol. The second kappa shape index (κ2) is 4.75. The maximum absolute atomic E-state index is 11.3. The van der Waals surface area contributed by atoms with Crippen molar-refractivity contribution in [3.05, 3.63) is 35.9 Å². The Kier molecular flexibility index (Phi) is 3.15. The van der Waals surface area contributed by atoms with Gasteiger partial charge in [-0.3, -0.25) is 20.2 Å². The molecule has 0 atom stereocenters. The van der Waals surface area contributed by atoms with Gasteiger partial charge in [0.05, 0.1) is 6.61 Å². The minimum atomic E-state index is -1.28. The van der Waals surface area contributed by atoms with Crippen molar-refractivity contribution in [3.8, 4) is 0 Å². The van der Waals surface area contributed by atoms with Crippen LogP contribution < -0.4 is 10.6 Å². The second-order valence-electron chi connectivity index (χ2n) is 3.48. The normalized spacial score (nSPS) is 16.6. The molecule has 2 rings (SSSR count). The molecule has 1 fully saturated rings. The van der Waals surface area contributed by atoms with Crippen LogP contribution in [-0.4, -0.2) is 23.9 Å². The zero-order valence-electron chi connectivity index (χ0n) is 8.80. The van der Waals surface area contributed by atoms with Gasteiger partial charge in [-0.1, -0.05) is 30.3 Å². The fourth-order valence-electron chi connectivity index (χ4n) is 1.41. The van der Waals surface area contributed by atoms with Crippen LogP contribution in [0.25, 0.3) is 0 Å². The lowest BCUT2D eigenvalue weighted by atomic mass is 10.2. The van der Waals surface area contributed by atoms with Gasteiger partial charge in [-0.25, -0.2) is 4.79 Å². The Morgan fingerprint density at radius 1 is 1.00 bits per heavy atom. The van der Waals surface area contributed by atoms with E-state index in [1.807, 2.05) is 41.0 Å². The highest BCUT2D eigenvalue weighted by Gasteiger charge is 2.34. The molecule has 0 aliphatic carbocycles. The number of urea groups is 1. The van der Waals surface area contributed by atoms with Crippen molar-refractivity contribution in [2.45, 2.75) is 12.7 Å². The number of imide groups is 2. The number of barbiturate groups is 1. The Hall–Kier alpha value is -2.21. The topological polar surface area (TPSA) is 84.5 Å². The van der Waals surface area contributed by atoms with Gasteiger partial charge in [0.1, 0.15) is 0 Å². The van der Waals surface area contributed by atoms with Gasteiger partial charge in [0.25, 0.3) is 11.8 Å². The van der Waals surface area contributed by atoms with E-state index in [1.54, 1.807) is 0 Å². The first kappa shape index (κ1) is 11.3. The molecule has 0 aromatic heterocycles. The molecule has 1 aromatic carbocycles. The molecular weight excluding hydrogens is 224 g/mol. The molecule has 88 valence electrons. The van der Waals surface area contributed by atoms with Gasteiger partial charge in [-0.2, -0.15) is 0 Å². The van der Waals surface area contributed by atoms with Crippen LogP contribution in [-0.2, 0) is 20.9 Å². The summed E-state index contributed by atoms with van der Waals surface area (Å²) in [4.78, 5) is 33.4. The summed E-state index contributed by atoms with van der Waals surface area (Å²) >= 11 is 0. The van der Waals surface area contributed by atoms with E-state index < -0.39 is 23.9 Å². The molecule has 1 heterocycles. The molecule has 4 amide bonds. The Morgan fingerprint density at radius 3 is 2.18 bits per heavy atom. The summed E-state index contributed by atoms with van der Waals surface area (Å²) in [6.07, 6.45) is -1.28. The molecule has 6 heteroatoms. The fourth-order valence-corrected chi connectivity index (χ4v) is 1.41. The van der Waals surface area contributed by atoms with E-state index in [1.165, 1.54) is 0 Å². The van der Waals surface area contributed by atoms with Gasteiger partial charge in [0.15, 0.2) is 0 Å². The number of carbonyl (C=O) groups excluding carboxylic acids is 3. The van der Waals surface area contributed by atoms with Gasteiger partial charge in [0.2, 0.25) is 6.10 Å². The molecule has 0 radical (unpaired) electrons. The molecule has 1 aliphatic heterocycles. The van der Waals surface area contributed by atoms with Gasteiger partial charge in [-0.15, -0.1) is 0 Å². The third kappa shape index (κ3) is 2.67. The molecule has 1 saturated heterocycles. The first-order chi connectivity index (χ1) is 8.16. The Morgan fingerprint density at radius 2 is 1.59 bits per heavy atom. The highest BCUT2D eigenvalue weighted by molar-refractivity contribution is 6.18. The Balaban J connectivity index is 1.97. The van der Waals surface area contributed by atoms with Crippen molar-refractivity contribution in [3.63, 3.8) is 0 Å². The summed E-state index contributed by atoms with van der Waals surface area (Å²) in [5, 5.41) is 3.92. The minimum absolute atomic E-state index is 0.126. The molecule has 1 aliphatic rings. The van der Waals surface area contributed by atoms with Crippen LogP contribution in [0.1, 0.15) is 5.56 Å². The van der Waals surface area contributed by atoms with E-state index in [0.717, 1.165) is 5.56 Å². The number of ether oxygens (including phenoxy) is 1. The predicted molar refractivity (Wildman–Crippen MR) is 56.7 cm³/mol. The first-order valence-corrected chi connectivity index (χ1v) is 4.98. The molecule has 0 unspecified atom stereocenters. The second-order valence-corrected chi connectivity index (χ2v) is 3.48. The molecule has 0 bridgehead atoms. The van der Waals surface area contributed by atoms with Crippen LogP contribution in [0.3, 0.4) is 0 Å².